The molecule has 98 valence electrons. The van der Waals surface area contributed by atoms with Gasteiger partial charge in [-0.05, 0) is 40.2 Å². The lowest BCUT2D eigenvalue weighted by Crippen LogP contribution is -2.17. The Morgan fingerprint density at radius 1 is 1.37 bits per heavy atom. The van der Waals surface area contributed by atoms with Crippen LogP contribution in [0.2, 0.25) is 5.02 Å². The Morgan fingerprint density at radius 3 is 2.84 bits per heavy atom. The normalized spacial score (nSPS) is 10.1. The Morgan fingerprint density at radius 2 is 2.16 bits per heavy atom. The van der Waals surface area contributed by atoms with E-state index in [1.54, 1.807) is 24.3 Å². The lowest BCUT2D eigenvalue weighted by atomic mass is 10.2. The van der Waals surface area contributed by atoms with E-state index in [9.17, 15) is 4.79 Å². The number of hydrogen-bond acceptors (Lipinski definition) is 4. The molecule has 0 aliphatic heterocycles. The highest BCUT2D eigenvalue weighted by molar-refractivity contribution is 9.10. The van der Waals surface area contributed by atoms with Gasteiger partial charge in [-0.1, -0.05) is 11.6 Å². The molecule has 19 heavy (non-hydrogen) atoms. The number of nitrogens with one attached hydrogen (secondary N) is 2. The number of pyridine rings is 1. The first-order valence-corrected chi connectivity index (χ1v) is 6.46. The summed E-state index contributed by atoms with van der Waals surface area (Å²) in [5.41, 5.74) is 3.91. The number of hydrogen-bond donors (Lipinski definition) is 3. The maximum Gasteiger partial charge on any atom is 0.257 e. The standard InChI is InChI=1S/C12H10BrClN4O/c13-9-5-7(1-2-10(9)14)17-12(19)8-3-4-16-6-11(8)18-15/h1-6,18H,15H2,(H,17,19). The van der Waals surface area contributed by atoms with Crippen molar-refractivity contribution in [3.05, 3.63) is 51.7 Å². The number of rotatable bonds is 3. The molecule has 1 heterocycles. The Hall–Kier alpha value is -1.63. The Kier molecular flexibility index (Phi) is 4.36. The van der Waals surface area contributed by atoms with Gasteiger partial charge in [-0.2, -0.15) is 0 Å². The van der Waals surface area contributed by atoms with Gasteiger partial charge in [0.2, 0.25) is 0 Å². The molecule has 0 atom stereocenters. The zero-order valence-corrected chi connectivity index (χ0v) is 12.0. The minimum absolute atomic E-state index is 0.287. The predicted molar refractivity (Wildman–Crippen MR) is 79.2 cm³/mol. The monoisotopic (exact) mass is 340 g/mol. The molecule has 0 aliphatic carbocycles. The maximum atomic E-state index is 12.1. The summed E-state index contributed by atoms with van der Waals surface area (Å²) >= 11 is 9.18. The molecule has 0 unspecified atom stereocenters. The number of nitrogens with two attached hydrogens (primary N) is 1. The molecule has 7 heteroatoms. The van der Waals surface area contributed by atoms with E-state index in [1.807, 2.05) is 0 Å². The Balaban J connectivity index is 2.23. The number of nitrogen functional groups attached to an aromatic ring is 1. The van der Waals surface area contributed by atoms with Crippen LogP contribution in [0.4, 0.5) is 11.4 Å². The third kappa shape index (κ3) is 3.23. The molecule has 4 N–H and O–H groups in total. The fourth-order valence-electron chi connectivity index (χ4n) is 1.48. The fourth-order valence-corrected chi connectivity index (χ4v) is 1.98. The van der Waals surface area contributed by atoms with E-state index in [2.05, 4.69) is 31.7 Å². The van der Waals surface area contributed by atoms with E-state index in [4.69, 9.17) is 17.4 Å². The van der Waals surface area contributed by atoms with E-state index in [0.29, 0.717) is 26.4 Å². The highest BCUT2D eigenvalue weighted by Gasteiger charge is 2.11. The average molecular weight is 342 g/mol. The summed E-state index contributed by atoms with van der Waals surface area (Å²) in [5.74, 6) is 5.04. The van der Waals surface area contributed by atoms with Crippen molar-refractivity contribution in [2.24, 2.45) is 5.84 Å². The van der Waals surface area contributed by atoms with Gasteiger partial charge in [0.05, 0.1) is 22.5 Å². The molecule has 0 saturated heterocycles. The number of carbonyl (C=O) groups is 1. The predicted octanol–water partition coefficient (Wildman–Crippen LogP) is 3.04. The molecule has 1 amide bonds. The van der Waals surface area contributed by atoms with Crippen molar-refractivity contribution < 1.29 is 4.79 Å². The molecular weight excluding hydrogens is 332 g/mol. The molecule has 1 aromatic carbocycles. The van der Waals surface area contributed by atoms with Crippen molar-refractivity contribution in [1.82, 2.24) is 4.98 Å². The summed E-state index contributed by atoms with van der Waals surface area (Å²) in [7, 11) is 0. The van der Waals surface area contributed by atoms with Gasteiger partial charge in [0.15, 0.2) is 0 Å². The molecule has 2 rings (SSSR count). The first-order chi connectivity index (χ1) is 9.11. The number of amides is 1. The van der Waals surface area contributed by atoms with Gasteiger partial charge in [-0.15, -0.1) is 0 Å². The van der Waals surface area contributed by atoms with Crippen LogP contribution in [0, 0.1) is 0 Å². The first-order valence-electron chi connectivity index (χ1n) is 5.29. The zero-order chi connectivity index (χ0) is 13.8. The molecule has 5 nitrogen and oxygen atoms in total. The van der Waals surface area contributed by atoms with Gasteiger partial charge in [-0.3, -0.25) is 15.6 Å². The molecule has 0 bridgehead atoms. The van der Waals surface area contributed by atoms with Crippen molar-refractivity contribution in [3.8, 4) is 0 Å². The SMILES string of the molecule is NNc1cnccc1C(=O)Nc1ccc(Cl)c(Br)c1. The number of nitrogens with zero attached hydrogens (tertiary/aromatic N) is 1. The average Bonchev–Trinajstić information content (AvgIpc) is 2.43. The van der Waals surface area contributed by atoms with Crippen LogP contribution in [0.1, 0.15) is 10.4 Å². The summed E-state index contributed by atoms with van der Waals surface area (Å²) in [6, 6.07) is 6.70. The van der Waals surface area contributed by atoms with E-state index in [1.165, 1.54) is 12.4 Å². The largest absolute Gasteiger partial charge is 0.322 e. The van der Waals surface area contributed by atoms with Gasteiger partial charge >= 0.3 is 0 Å². The van der Waals surface area contributed by atoms with E-state index >= 15 is 0 Å². The van der Waals surface area contributed by atoms with Gasteiger partial charge in [0.1, 0.15) is 0 Å². The quantitative estimate of drug-likeness (QED) is 0.592. The van der Waals surface area contributed by atoms with Crippen molar-refractivity contribution in [3.63, 3.8) is 0 Å². The van der Waals surface area contributed by atoms with Crippen LogP contribution in [0.5, 0.6) is 0 Å². The summed E-state index contributed by atoms with van der Waals surface area (Å²) in [5, 5.41) is 3.33. The molecule has 0 saturated carbocycles. The summed E-state index contributed by atoms with van der Waals surface area (Å²) in [4.78, 5) is 16.0. The third-order valence-corrected chi connectivity index (χ3v) is 3.61. The van der Waals surface area contributed by atoms with E-state index in [0.717, 1.165) is 0 Å². The molecule has 0 spiro atoms. The second kappa shape index (κ2) is 6.01. The summed E-state index contributed by atoms with van der Waals surface area (Å²) in [6.07, 6.45) is 3.00. The van der Waals surface area contributed by atoms with Crippen LogP contribution in [0.3, 0.4) is 0 Å². The van der Waals surface area contributed by atoms with Crippen LogP contribution in [-0.4, -0.2) is 10.9 Å². The van der Waals surface area contributed by atoms with Crippen LogP contribution in [0.15, 0.2) is 41.1 Å². The number of hydrazine groups is 1. The highest BCUT2D eigenvalue weighted by Crippen LogP contribution is 2.26. The minimum Gasteiger partial charge on any atom is -0.322 e. The molecule has 0 fully saturated rings. The van der Waals surface area contributed by atoms with Crippen molar-refractivity contribution in [1.29, 1.82) is 0 Å². The van der Waals surface area contributed by atoms with Gasteiger partial charge in [-0.25, -0.2) is 0 Å². The Bertz CT molecular complexity index is 620. The molecule has 0 aliphatic rings. The number of halogens is 2. The smallest absolute Gasteiger partial charge is 0.257 e. The van der Waals surface area contributed by atoms with Crippen molar-refractivity contribution in [2.45, 2.75) is 0 Å². The van der Waals surface area contributed by atoms with Gasteiger partial charge in [0.25, 0.3) is 5.91 Å². The van der Waals surface area contributed by atoms with Gasteiger partial charge in [0, 0.05) is 16.4 Å². The topological polar surface area (TPSA) is 80.0 Å². The van der Waals surface area contributed by atoms with E-state index < -0.39 is 0 Å². The van der Waals surface area contributed by atoms with Crippen LogP contribution in [0.25, 0.3) is 0 Å². The lowest BCUT2D eigenvalue weighted by molar-refractivity contribution is 0.102. The van der Waals surface area contributed by atoms with Crippen LogP contribution in [-0.2, 0) is 0 Å². The number of carbonyl (C=O) groups excluding carboxylic acids is 1. The third-order valence-electron chi connectivity index (χ3n) is 2.40. The van der Waals surface area contributed by atoms with Crippen LogP contribution < -0.4 is 16.6 Å². The fraction of sp³-hybridized carbons (Fsp3) is 0. The van der Waals surface area contributed by atoms with Crippen molar-refractivity contribution in [2.75, 3.05) is 10.7 Å². The lowest BCUT2D eigenvalue weighted by Gasteiger charge is -2.09. The molecular formula is C12H10BrClN4O. The Labute approximate surface area is 123 Å². The second-order valence-corrected chi connectivity index (χ2v) is 4.91. The zero-order valence-electron chi connectivity index (χ0n) is 9.65. The van der Waals surface area contributed by atoms with Crippen LogP contribution >= 0.6 is 27.5 Å². The second-order valence-electron chi connectivity index (χ2n) is 3.65. The highest BCUT2D eigenvalue weighted by atomic mass is 79.9. The maximum absolute atomic E-state index is 12.1. The number of aromatic nitrogens is 1. The van der Waals surface area contributed by atoms with Gasteiger partial charge < -0.3 is 10.7 Å². The first kappa shape index (κ1) is 13.8. The molecule has 0 radical (unpaired) electrons. The number of anilines is 2. The molecule has 1 aromatic heterocycles. The van der Waals surface area contributed by atoms with E-state index in [-0.39, 0.29) is 5.91 Å². The molecule has 2 aromatic rings. The van der Waals surface area contributed by atoms with Crippen molar-refractivity contribution >= 4 is 44.8 Å². The minimum atomic E-state index is -0.287. The number of benzene rings is 1. The summed E-state index contributed by atoms with van der Waals surface area (Å²) < 4.78 is 0.707. The summed E-state index contributed by atoms with van der Waals surface area (Å²) in [6.45, 7) is 0.